The van der Waals surface area contributed by atoms with Gasteiger partial charge in [-0.15, -0.1) is 11.3 Å². The molecule has 1 aromatic heterocycles. The topological polar surface area (TPSA) is 66.5 Å². The molecule has 0 aliphatic rings. The molecule has 2 N–H and O–H groups in total. The number of thiazole rings is 1. The second-order valence-electron chi connectivity index (χ2n) is 5.42. The maximum Gasteiger partial charge on any atom is 0.325 e. The lowest BCUT2D eigenvalue weighted by Gasteiger charge is -2.13. The van der Waals surface area contributed by atoms with E-state index in [-0.39, 0.29) is 6.03 Å². The quantitative estimate of drug-likeness (QED) is 0.779. The van der Waals surface area contributed by atoms with E-state index < -0.39 is 0 Å². The number of nitrogens with zero attached hydrogens (tertiary/aromatic N) is 2. The molecular formula is C16H21ClN4O2S. The Morgan fingerprint density at radius 2 is 2.21 bits per heavy atom. The second kappa shape index (κ2) is 8.98. The summed E-state index contributed by atoms with van der Waals surface area (Å²) in [5.41, 5.74) is 2.51. The largest absolute Gasteiger partial charge is 0.383 e. The number of hydrogen-bond donors (Lipinski definition) is 2. The number of aromatic nitrogens is 1. The van der Waals surface area contributed by atoms with Crippen LogP contribution in [0.2, 0.25) is 5.02 Å². The molecule has 2 amide bonds. The number of benzene rings is 1. The third kappa shape index (κ3) is 5.76. The first-order valence-electron chi connectivity index (χ1n) is 7.44. The summed E-state index contributed by atoms with van der Waals surface area (Å²) < 4.78 is 5.05. The summed E-state index contributed by atoms with van der Waals surface area (Å²) >= 11 is 7.44. The van der Waals surface area contributed by atoms with Crippen LogP contribution in [0.1, 0.15) is 11.3 Å². The van der Waals surface area contributed by atoms with Crippen molar-refractivity contribution in [3.63, 3.8) is 0 Å². The molecule has 0 aliphatic heterocycles. The molecule has 0 unspecified atom stereocenters. The Bertz CT molecular complexity index is 692. The number of aryl methyl sites for hydroxylation is 1. The van der Waals surface area contributed by atoms with Gasteiger partial charge in [-0.05, 0) is 31.7 Å². The summed E-state index contributed by atoms with van der Waals surface area (Å²) in [6.45, 7) is 4.11. The van der Waals surface area contributed by atoms with Crippen molar-refractivity contribution < 1.29 is 9.53 Å². The van der Waals surface area contributed by atoms with Crippen LogP contribution in [0.15, 0.2) is 23.6 Å². The Hall–Kier alpha value is -1.67. The molecule has 2 aromatic rings. The van der Waals surface area contributed by atoms with Gasteiger partial charge in [0.1, 0.15) is 0 Å². The van der Waals surface area contributed by atoms with Crippen LogP contribution in [0, 0.1) is 6.92 Å². The minimum Gasteiger partial charge on any atom is -0.383 e. The smallest absolute Gasteiger partial charge is 0.325 e. The van der Waals surface area contributed by atoms with Crippen molar-refractivity contribution in [1.82, 2.24) is 9.88 Å². The van der Waals surface area contributed by atoms with Crippen molar-refractivity contribution in [3.05, 3.63) is 39.9 Å². The molecular weight excluding hydrogens is 348 g/mol. The van der Waals surface area contributed by atoms with E-state index in [0.29, 0.717) is 29.0 Å². The molecule has 24 heavy (non-hydrogen) atoms. The summed E-state index contributed by atoms with van der Waals surface area (Å²) in [4.78, 5) is 18.5. The standard InChI is InChI=1S/C16H21ClN4O2S/c1-11-4-5-12(8-14(11)17)18-15(22)20-16-19-13(10-24-16)9-21(2)6-7-23-3/h4-5,8,10H,6-7,9H2,1-3H3,(H2,18,19,20,22). The van der Waals surface area contributed by atoms with E-state index in [9.17, 15) is 4.79 Å². The SMILES string of the molecule is COCCN(C)Cc1csc(NC(=O)Nc2ccc(C)c(Cl)c2)n1. The average molecular weight is 369 g/mol. The summed E-state index contributed by atoms with van der Waals surface area (Å²) in [7, 11) is 3.68. The molecule has 1 aromatic carbocycles. The van der Waals surface area contributed by atoms with Crippen molar-refractivity contribution in [2.75, 3.05) is 37.9 Å². The van der Waals surface area contributed by atoms with E-state index in [4.69, 9.17) is 16.3 Å². The highest BCUT2D eigenvalue weighted by Gasteiger charge is 2.09. The molecule has 0 aliphatic carbocycles. The molecule has 6 nitrogen and oxygen atoms in total. The van der Waals surface area contributed by atoms with Crippen LogP contribution in [0.25, 0.3) is 0 Å². The molecule has 0 radical (unpaired) electrons. The Morgan fingerprint density at radius 3 is 2.92 bits per heavy atom. The first kappa shape index (κ1) is 18.7. The van der Waals surface area contributed by atoms with Gasteiger partial charge in [-0.25, -0.2) is 9.78 Å². The Balaban J connectivity index is 1.87. The number of ether oxygens (including phenoxy) is 1. The molecule has 2 rings (SSSR count). The van der Waals surface area contributed by atoms with Crippen LogP contribution in [0.4, 0.5) is 15.6 Å². The van der Waals surface area contributed by atoms with Crippen molar-refractivity contribution in [2.45, 2.75) is 13.5 Å². The summed E-state index contributed by atoms with van der Waals surface area (Å²) in [5, 5.41) is 8.58. The molecule has 8 heteroatoms. The van der Waals surface area contributed by atoms with E-state index in [1.807, 2.05) is 25.4 Å². The summed E-state index contributed by atoms with van der Waals surface area (Å²) in [6, 6.07) is 5.03. The number of likely N-dealkylation sites (N-methyl/N-ethyl adjacent to an activating group) is 1. The van der Waals surface area contributed by atoms with Crippen molar-refractivity contribution >= 4 is 39.8 Å². The number of rotatable bonds is 7. The van der Waals surface area contributed by atoms with Crippen LogP contribution < -0.4 is 10.6 Å². The molecule has 0 bridgehead atoms. The summed E-state index contributed by atoms with van der Waals surface area (Å²) in [6.07, 6.45) is 0. The normalized spacial score (nSPS) is 10.9. The van der Waals surface area contributed by atoms with Crippen LogP contribution in [-0.2, 0) is 11.3 Å². The zero-order valence-electron chi connectivity index (χ0n) is 13.9. The molecule has 0 fully saturated rings. The molecule has 130 valence electrons. The molecule has 0 saturated carbocycles. The van der Waals surface area contributed by atoms with Gasteiger partial charge in [0.05, 0.1) is 12.3 Å². The van der Waals surface area contributed by atoms with Crippen LogP contribution in [0.5, 0.6) is 0 Å². The van der Waals surface area contributed by atoms with Gasteiger partial charge in [-0.1, -0.05) is 17.7 Å². The maximum atomic E-state index is 12.0. The number of nitrogens with one attached hydrogen (secondary N) is 2. The Morgan fingerprint density at radius 1 is 1.42 bits per heavy atom. The fourth-order valence-electron chi connectivity index (χ4n) is 1.97. The minimum absolute atomic E-state index is 0.344. The Kier molecular flexibility index (Phi) is 6.99. The van der Waals surface area contributed by atoms with E-state index in [2.05, 4.69) is 20.5 Å². The molecule has 0 spiro atoms. The highest BCUT2D eigenvalue weighted by Crippen LogP contribution is 2.21. The number of halogens is 1. The number of carbonyl (C=O) groups is 1. The maximum absolute atomic E-state index is 12.0. The van der Waals surface area contributed by atoms with Crippen molar-refractivity contribution in [1.29, 1.82) is 0 Å². The predicted molar refractivity (Wildman–Crippen MR) is 99.2 cm³/mol. The molecule has 0 saturated heterocycles. The third-order valence-corrected chi connectivity index (χ3v) is 4.52. The zero-order valence-corrected chi connectivity index (χ0v) is 15.5. The third-order valence-electron chi connectivity index (χ3n) is 3.31. The second-order valence-corrected chi connectivity index (χ2v) is 6.68. The highest BCUT2D eigenvalue weighted by molar-refractivity contribution is 7.13. The first-order chi connectivity index (χ1) is 11.5. The average Bonchev–Trinajstić information content (AvgIpc) is 2.95. The van der Waals surface area contributed by atoms with Crippen LogP contribution in [-0.4, -0.2) is 43.2 Å². The van der Waals surface area contributed by atoms with Crippen LogP contribution in [0.3, 0.4) is 0 Å². The lowest BCUT2D eigenvalue weighted by Crippen LogP contribution is -2.22. The first-order valence-corrected chi connectivity index (χ1v) is 8.69. The monoisotopic (exact) mass is 368 g/mol. The number of amides is 2. The van der Waals surface area contributed by atoms with Gasteiger partial charge in [0.15, 0.2) is 5.13 Å². The van der Waals surface area contributed by atoms with Gasteiger partial charge in [0.2, 0.25) is 0 Å². The van der Waals surface area contributed by atoms with Gasteiger partial charge < -0.3 is 10.1 Å². The fourth-order valence-corrected chi connectivity index (χ4v) is 2.85. The van der Waals surface area contributed by atoms with Gasteiger partial charge >= 0.3 is 6.03 Å². The fraction of sp³-hybridized carbons (Fsp3) is 0.375. The predicted octanol–water partition coefficient (Wildman–Crippen LogP) is 3.83. The van der Waals surface area contributed by atoms with Gasteiger partial charge in [0, 0.05) is 36.3 Å². The molecule has 0 atom stereocenters. The number of anilines is 2. The van der Waals surface area contributed by atoms with Gasteiger partial charge in [-0.3, -0.25) is 10.2 Å². The van der Waals surface area contributed by atoms with Gasteiger partial charge in [0.25, 0.3) is 0 Å². The van der Waals surface area contributed by atoms with Crippen LogP contribution >= 0.6 is 22.9 Å². The zero-order chi connectivity index (χ0) is 17.5. The van der Waals surface area contributed by atoms with Gasteiger partial charge in [-0.2, -0.15) is 0 Å². The summed E-state index contributed by atoms with van der Waals surface area (Å²) in [5.74, 6) is 0. The minimum atomic E-state index is -0.344. The number of urea groups is 1. The number of methoxy groups -OCH3 is 1. The highest BCUT2D eigenvalue weighted by atomic mass is 35.5. The van der Waals surface area contributed by atoms with Crippen molar-refractivity contribution in [2.24, 2.45) is 0 Å². The molecule has 1 heterocycles. The number of carbonyl (C=O) groups excluding carboxylic acids is 1. The lowest BCUT2D eigenvalue weighted by atomic mass is 10.2. The Labute approximate surface area is 150 Å². The number of hydrogen-bond acceptors (Lipinski definition) is 5. The van der Waals surface area contributed by atoms with Crippen molar-refractivity contribution in [3.8, 4) is 0 Å². The van der Waals surface area contributed by atoms with E-state index in [0.717, 1.165) is 17.8 Å². The lowest BCUT2D eigenvalue weighted by molar-refractivity contribution is 0.158. The van der Waals surface area contributed by atoms with E-state index in [1.165, 1.54) is 11.3 Å². The van der Waals surface area contributed by atoms with E-state index in [1.54, 1.807) is 19.2 Å². The van der Waals surface area contributed by atoms with E-state index >= 15 is 0 Å².